The number of pyridine rings is 2. The number of nitrogens with zero attached hydrogens (tertiary/aromatic N) is 7. The van der Waals surface area contributed by atoms with Crippen LogP contribution in [0.25, 0.3) is 11.3 Å². The van der Waals surface area contributed by atoms with E-state index >= 15 is 0 Å². The highest BCUT2D eigenvalue weighted by Crippen LogP contribution is 2.27. The van der Waals surface area contributed by atoms with Crippen molar-refractivity contribution in [2.45, 2.75) is 12.6 Å². The summed E-state index contributed by atoms with van der Waals surface area (Å²) in [5, 5.41) is 16.1. The van der Waals surface area contributed by atoms with Crippen LogP contribution in [0.1, 0.15) is 12.0 Å². The molecule has 0 amide bonds. The van der Waals surface area contributed by atoms with Gasteiger partial charge in [-0.3, -0.25) is 0 Å². The zero-order valence-corrected chi connectivity index (χ0v) is 18.1. The van der Waals surface area contributed by atoms with Crippen molar-refractivity contribution in [3.05, 3.63) is 48.4 Å². The van der Waals surface area contributed by atoms with E-state index in [4.69, 9.17) is 0 Å². The number of piperazine rings is 1. The Hall–Kier alpha value is -3.84. The molecule has 0 aromatic carbocycles. The maximum absolute atomic E-state index is 13.6. The largest absolute Gasteiger partial charge is 0.354 e. The molecule has 1 atom stereocenters. The minimum absolute atomic E-state index is 0.268. The zero-order valence-electron chi connectivity index (χ0n) is 18.1. The van der Waals surface area contributed by atoms with E-state index in [2.05, 4.69) is 41.5 Å². The molecular weight excluding hydrogens is 421 g/mol. The molecule has 5 rings (SSSR count). The topological polar surface area (TPSA) is 106 Å². The fourth-order valence-corrected chi connectivity index (χ4v) is 4.09. The number of alkyl halides is 1. The second-order valence-corrected chi connectivity index (χ2v) is 8.07. The third-order valence-electron chi connectivity index (χ3n) is 5.81. The summed E-state index contributed by atoms with van der Waals surface area (Å²) in [7, 11) is 0. The van der Waals surface area contributed by atoms with E-state index in [-0.39, 0.29) is 6.54 Å². The lowest BCUT2D eigenvalue weighted by Gasteiger charge is -2.28. The molecule has 2 N–H and O–H groups in total. The van der Waals surface area contributed by atoms with E-state index in [1.54, 1.807) is 30.7 Å². The Bertz CT molecular complexity index is 1160. The fraction of sp³-hybridized carbons (Fsp3) is 0.348. The van der Waals surface area contributed by atoms with Gasteiger partial charge >= 0.3 is 0 Å². The number of halogens is 1. The van der Waals surface area contributed by atoms with Crippen LogP contribution in [-0.4, -0.2) is 65.4 Å². The van der Waals surface area contributed by atoms with Crippen molar-refractivity contribution in [3.63, 3.8) is 0 Å². The third kappa shape index (κ3) is 4.68. The smallest absolute Gasteiger partial charge is 0.227 e. The second kappa shape index (κ2) is 9.34. The SMILES string of the molecule is N#Cc1cc(-c2ccnc(Nc3ccc(N4CCNCC4)nc3)n2)cnc1N1CC[C@H](F)C1. The predicted molar refractivity (Wildman–Crippen MR) is 124 cm³/mol. The monoisotopic (exact) mass is 445 g/mol. The first-order chi connectivity index (χ1) is 16.2. The lowest BCUT2D eigenvalue weighted by molar-refractivity contribution is 0.364. The van der Waals surface area contributed by atoms with Gasteiger partial charge < -0.3 is 20.4 Å². The Morgan fingerprint density at radius 3 is 2.67 bits per heavy atom. The summed E-state index contributed by atoms with van der Waals surface area (Å²) in [4.78, 5) is 21.9. The highest BCUT2D eigenvalue weighted by Gasteiger charge is 2.25. The van der Waals surface area contributed by atoms with Crippen molar-refractivity contribution in [1.29, 1.82) is 5.26 Å². The Morgan fingerprint density at radius 1 is 1.06 bits per heavy atom. The molecule has 2 aliphatic rings. The van der Waals surface area contributed by atoms with Gasteiger partial charge in [-0.25, -0.2) is 24.3 Å². The molecule has 9 nitrogen and oxygen atoms in total. The van der Waals surface area contributed by atoms with Crippen molar-refractivity contribution in [3.8, 4) is 17.3 Å². The molecule has 0 bridgehead atoms. The van der Waals surface area contributed by atoms with E-state index < -0.39 is 6.17 Å². The Labute approximate surface area is 191 Å². The van der Waals surface area contributed by atoms with Crippen molar-refractivity contribution >= 4 is 23.3 Å². The molecule has 0 spiro atoms. The lowest BCUT2D eigenvalue weighted by Crippen LogP contribution is -2.43. The molecule has 0 aliphatic carbocycles. The first-order valence-electron chi connectivity index (χ1n) is 11.0. The summed E-state index contributed by atoms with van der Waals surface area (Å²) in [6.45, 7) is 4.62. The minimum Gasteiger partial charge on any atom is -0.354 e. The van der Waals surface area contributed by atoms with Gasteiger partial charge in [0.25, 0.3) is 0 Å². The van der Waals surface area contributed by atoms with Gasteiger partial charge in [0.15, 0.2) is 0 Å². The standard InChI is InChI=1S/C23H24FN9/c24-18-4-8-33(15-18)22-16(12-25)11-17(13-29-22)20-3-5-27-23(31-20)30-19-1-2-21(28-14-19)32-9-6-26-7-10-32/h1-3,5,11,13-14,18,26H,4,6-10,15H2,(H,27,30,31)/t18-/m0/s1. The molecule has 0 radical (unpaired) electrons. The van der Waals surface area contributed by atoms with Crippen LogP contribution in [0.5, 0.6) is 0 Å². The number of anilines is 4. The Balaban J connectivity index is 1.32. The van der Waals surface area contributed by atoms with Crippen LogP contribution in [0, 0.1) is 11.3 Å². The van der Waals surface area contributed by atoms with E-state index in [0.29, 0.717) is 41.6 Å². The van der Waals surface area contributed by atoms with Gasteiger partial charge in [0.2, 0.25) is 5.95 Å². The molecule has 0 unspecified atom stereocenters. The van der Waals surface area contributed by atoms with Gasteiger partial charge in [-0.2, -0.15) is 5.26 Å². The number of hydrogen-bond acceptors (Lipinski definition) is 9. The minimum atomic E-state index is -0.881. The van der Waals surface area contributed by atoms with E-state index in [1.165, 1.54) is 0 Å². The van der Waals surface area contributed by atoms with Gasteiger partial charge in [-0.1, -0.05) is 0 Å². The Kier molecular flexibility index (Phi) is 5.95. The quantitative estimate of drug-likeness (QED) is 0.613. The first-order valence-corrected chi connectivity index (χ1v) is 11.0. The van der Waals surface area contributed by atoms with Crippen molar-refractivity contribution < 1.29 is 4.39 Å². The zero-order chi connectivity index (χ0) is 22.6. The summed E-state index contributed by atoms with van der Waals surface area (Å²) in [5.74, 6) is 1.89. The number of nitrogens with one attached hydrogen (secondary N) is 2. The van der Waals surface area contributed by atoms with Gasteiger partial charge in [0.05, 0.1) is 29.7 Å². The summed E-state index contributed by atoms with van der Waals surface area (Å²) < 4.78 is 13.6. The van der Waals surface area contributed by atoms with Crippen molar-refractivity contribution in [2.75, 3.05) is 54.4 Å². The molecular formula is C23H24FN9. The van der Waals surface area contributed by atoms with Gasteiger partial charge in [-0.15, -0.1) is 0 Å². The number of aromatic nitrogens is 4. The van der Waals surface area contributed by atoms with Crippen molar-refractivity contribution in [1.82, 2.24) is 25.3 Å². The van der Waals surface area contributed by atoms with Crippen LogP contribution in [0.15, 0.2) is 42.9 Å². The van der Waals surface area contributed by atoms with Crippen LogP contribution in [-0.2, 0) is 0 Å². The summed E-state index contributed by atoms with van der Waals surface area (Å²) >= 11 is 0. The second-order valence-electron chi connectivity index (χ2n) is 8.07. The number of hydrogen-bond donors (Lipinski definition) is 2. The molecule has 2 saturated heterocycles. The van der Waals surface area contributed by atoms with Crippen LogP contribution in [0.2, 0.25) is 0 Å². The number of rotatable bonds is 5. The molecule has 5 heterocycles. The maximum Gasteiger partial charge on any atom is 0.227 e. The molecule has 33 heavy (non-hydrogen) atoms. The first kappa shape index (κ1) is 21.0. The number of nitriles is 1. The molecule has 0 saturated carbocycles. The maximum atomic E-state index is 13.6. The fourth-order valence-electron chi connectivity index (χ4n) is 4.09. The van der Waals surface area contributed by atoms with Gasteiger partial charge in [-0.05, 0) is 30.7 Å². The van der Waals surface area contributed by atoms with Gasteiger partial charge in [0.1, 0.15) is 23.9 Å². The highest BCUT2D eigenvalue weighted by atomic mass is 19.1. The Morgan fingerprint density at radius 2 is 1.94 bits per heavy atom. The summed E-state index contributed by atoms with van der Waals surface area (Å²) in [5.41, 5.74) is 2.52. The van der Waals surface area contributed by atoms with Crippen molar-refractivity contribution in [2.24, 2.45) is 0 Å². The highest BCUT2D eigenvalue weighted by molar-refractivity contribution is 5.67. The molecule has 168 valence electrons. The van der Waals surface area contributed by atoms with Crippen LogP contribution in [0.4, 0.5) is 27.7 Å². The molecule has 2 aliphatic heterocycles. The lowest BCUT2D eigenvalue weighted by atomic mass is 10.1. The molecule has 3 aromatic heterocycles. The average Bonchev–Trinajstić information content (AvgIpc) is 3.31. The third-order valence-corrected chi connectivity index (χ3v) is 5.81. The molecule has 2 fully saturated rings. The average molecular weight is 446 g/mol. The molecule has 3 aromatic rings. The predicted octanol–water partition coefficient (Wildman–Crippen LogP) is 2.51. The molecule has 10 heteroatoms. The van der Waals surface area contributed by atoms with Crippen LogP contribution >= 0.6 is 0 Å². The summed E-state index contributed by atoms with van der Waals surface area (Å²) in [6.07, 6.45) is 4.67. The normalized spacial score (nSPS) is 18.2. The van der Waals surface area contributed by atoms with E-state index in [9.17, 15) is 9.65 Å². The van der Waals surface area contributed by atoms with E-state index in [0.717, 1.165) is 37.7 Å². The summed E-state index contributed by atoms with van der Waals surface area (Å²) in [6, 6.07) is 9.63. The van der Waals surface area contributed by atoms with E-state index in [1.807, 2.05) is 17.0 Å². The van der Waals surface area contributed by atoms with Crippen LogP contribution in [0.3, 0.4) is 0 Å². The van der Waals surface area contributed by atoms with Crippen LogP contribution < -0.4 is 20.4 Å². The van der Waals surface area contributed by atoms with Gasteiger partial charge in [0, 0.05) is 50.7 Å².